The summed E-state index contributed by atoms with van der Waals surface area (Å²) in [6.07, 6.45) is 9.17. The first kappa shape index (κ1) is 27.4. The lowest BCUT2D eigenvalue weighted by atomic mass is 9.86. The third kappa shape index (κ3) is 8.87. The lowest BCUT2D eigenvalue weighted by Gasteiger charge is -2.43. The van der Waals surface area contributed by atoms with Gasteiger partial charge in [0.15, 0.2) is 13.4 Å². The van der Waals surface area contributed by atoms with Crippen LogP contribution in [0.2, 0.25) is 18.1 Å². The Hall–Kier alpha value is -0.593. The molecule has 0 unspecified atom stereocenters. The van der Waals surface area contributed by atoms with Crippen LogP contribution in [0.3, 0.4) is 0 Å². The van der Waals surface area contributed by atoms with E-state index in [0.29, 0.717) is 0 Å². The lowest BCUT2D eigenvalue weighted by Crippen LogP contribution is -2.51. The quantitative estimate of drug-likeness (QED) is 0.146. The number of ether oxygens (including phenoxy) is 1. The molecular formula is C24H44O4SSi. The molecule has 0 aromatic heterocycles. The SMILES string of the molecule is CCCCCCCCSC(=O)[C@@H]1[C@H](OC(C)=O)C=C(C)C[C@H]1O[Si](C)(C)C(C)(C)C. The Balaban J connectivity index is 2.88. The van der Waals surface area contributed by atoms with Crippen LogP contribution in [0.5, 0.6) is 0 Å². The van der Waals surface area contributed by atoms with E-state index in [0.717, 1.165) is 24.2 Å². The van der Waals surface area contributed by atoms with E-state index in [-0.39, 0.29) is 22.2 Å². The van der Waals surface area contributed by atoms with Gasteiger partial charge in [0.05, 0.1) is 12.0 Å². The average Bonchev–Trinajstić information content (AvgIpc) is 2.58. The molecular weight excluding hydrogens is 412 g/mol. The molecule has 0 heterocycles. The number of esters is 1. The number of hydrogen-bond acceptors (Lipinski definition) is 5. The summed E-state index contributed by atoms with van der Waals surface area (Å²) < 4.78 is 12.3. The largest absolute Gasteiger partial charge is 0.457 e. The van der Waals surface area contributed by atoms with Crippen LogP contribution in [-0.4, -0.2) is 37.4 Å². The molecule has 0 fully saturated rings. The molecule has 0 spiro atoms. The highest BCUT2D eigenvalue weighted by atomic mass is 32.2. The summed E-state index contributed by atoms with van der Waals surface area (Å²) in [4.78, 5) is 25.0. The number of thioether (sulfide) groups is 1. The molecule has 1 rings (SSSR count). The molecule has 6 heteroatoms. The van der Waals surface area contributed by atoms with Crippen LogP contribution in [0.25, 0.3) is 0 Å². The lowest BCUT2D eigenvalue weighted by molar-refractivity contribution is -0.149. The fourth-order valence-electron chi connectivity index (χ4n) is 3.51. The summed E-state index contributed by atoms with van der Waals surface area (Å²) in [6.45, 7) is 16.7. The molecule has 0 radical (unpaired) electrons. The number of carbonyl (C=O) groups is 2. The van der Waals surface area contributed by atoms with Crippen LogP contribution < -0.4 is 0 Å². The summed E-state index contributed by atoms with van der Waals surface area (Å²) in [5.74, 6) is 0.0385. The summed E-state index contributed by atoms with van der Waals surface area (Å²) in [7, 11) is -2.07. The summed E-state index contributed by atoms with van der Waals surface area (Å²) >= 11 is 1.39. The molecule has 0 aromatic rings. The van der Waals surface area contributed by atoms with Crippen molar-refractivity contribution in [1.29, 1.82) is 0 Å². The van der Waals surface area contributed by atoms with Crippen molar-refractivity contribution in [3.05, 3.63) is 11.6 Å². The Labute approximate surface area is 190 Å². The molecule has 30 heavy (non-hydrogen) atoms. The topological polar surface area (TPSA) is 52.6 Å². The zero-order chi connectivity index (χ0) is 22.9. The van der Waals surface area contributed by atoms with E-state index >= 15 is 0 Å². The minimum Gasteiger partial charge on any atom is -0.457 e. The van der Waals surface area contributed by atoms with Crippen LogP contribution in [0.4, 0.5) is 0 Å². The van der Waals surface area contributed by atoms with Gasteiger partial charge in [-0.05, 0) is 44.0 Å². The van der Waals surface area contributed by atoms with Crippen molar-refractivity contribution in [2.75, 3.05) is 5.75 Å². The minimum absolute atomic E-state index is 0.0538. The number of unbranched alkanes of at least 4 members (excludes halogenated alkanes) is 5. The molecule has 0 amide bonds. The predicted molar refractivity (Wildman–Crippen MR) is 130 cm³/mol. The summed E-state index contributed by atoms with van der Waals surface area (Å²) in [6, 6.07) is 0. The normalized spacial score (nSPS) is 22.5. The second kappa shape index (κ2) is 12.4. The van der Waals surface area contributed by atoms with Gasteiger partial charge in [0.1, 0.15) is 6.10 Å². The van der Waals surface area contributed by atoms with Gasteiger partial charge in [0, 0.05) is 12.7 Å². The first-order chi connectivity index (χ1) is 13.9. The second-order valence-electron chi connectivity index (χ2n) is 10.2. The summed E-state index contributed by atoms with van der Waals surface area (Å²) in [5, 5.41) is 0.153. The third-order valence-corrected chi connectivity index (χ3v) is 11.8. The fourth-order valence-corrected chi connectivity index (χ4v) is 5.88. The third-order valence-electron chi connectivity index (χ3n) is 6.30. The monoisotopic (exact) mass is 456 g/mol. The summed E-state index contributed by atoms with van der Waals surface area (Å²) in [5.41, 5.74) is 1.12. The van der Waals surface area contributed by atoms with E-state index in [2.05, 4.69) is 40.8 Å². The van der Waals surface area contributed by atoms with Gasteiger partial charge in [-0.2, -0.15) is 0 Å². The molecule has 0 bridgehead atoms. The van der Waals surface area contributed by atoms with Crippen LogP contribution in [0.15, 0.2) is 11.6 Å². The first-order valence-electron chi connectivity index (χ1n) is 11.6. The van der Waals surface area contributed by atoms with Gasteiger partial charge in [0.25, 0.3) is 0 Å². The van der Waals surface area contributed by atoms with Gasteiger partial charge in [-0.3, -0.25) is 9.59 Å². The van der Waals surface area contributed by atoms with E-state index in [4.69, 9.17) is 9.16 Å². The van der Waals surface area contributed by atoms with Crippen LogP contribution in [0.1, 0.15) is 86.5 Å². The Morgan fingerprint density at radius 3 is 2.30 bits per heavy atom. The highest BCUT2D eigenvalue weighted by Gasteiger charge is 2.46. The van der Waals surface area contributed by atoms with Gasteiger partial charge < -0.3 is 9.16 Å². The molecule has 174 valence electrons. The van der Waals surface area contributed by atoms with Crippen LogP contribution in [-0.2, 0) is 18.8 Å². The van der Waals surface area contributed by atoms with Crippen LogP contribution in [0, 0.1) is 5.92 Å². The fraction of sp³-hybridized carbons (Fsp3) is 0.833. The smallest absolute Gasteiger partial charge is 0.303 e. The Morgan fingerprint density at radius 1 is 1.13 bits per heavy atom. The van der Waals surface area contributed by atoms with E-state index in [1.54, 1.807) is 0 Å². The molecule has 4 nitrogen and oxygen atoms in total. The van der Waals surface area contributed by atoms with Gasteiger partial charge >= 0.3 is 5.97 Å². The highest BCUT2D eigenvalue weighted by Crippen LogP contribution is 2.41. The molecule has 0 aromatic carbocycles. The second-order valence-corrected chi connectivity index (χ2v) is 16.0. The maximum absolute atomic E-state index is 13.3. The average molecular weight is 457 g/mol. The van der Waals surface area contributed by atoms with Crippen molar-refractivity contribution in [1.82, 2.24) is 0 Å². The minimum atomic E-state index is -2.07. The standard InChI is InChI=1S/C24H44O4SSi/c1-9-10-11-12-13-14-15-29-23(26)22-20(27-19(3)25)16-18(2)17-21(22)28-30(7,8)24(4,5)6/h16,20-22H,9-15,17H2,1-8H3/t20-,21-,22-/m1/s1. The van der Waals surface area contributed by atoms with Crippen molar-refractivity contribution in [3.8, 4) is 0 Å². The predicted octanol–water partition coefficient (Wildman–Crippen LogP) is 6.90. The van der Waals surface area contributed by atoms with E-state index in [1.807, 2.05) is 13.0 Å². The van der Waals surface area contributed by atoms with Gasteiger partial charge in [0.2, 0.25) is 0 Å². The Bertz CT molecular complexity index is 595. The van der Waals surface area contributed by atoms with Gasteiger partial charge in [-0.1, -0.05) is 77.1 Å². The molecule has 0 saturated carbocycles. The molecule has 0 N–H and O–H groups in total. The van der Waals surface area contributed by atoms with Crippen LogP contribution >= 0.6 is 11.8 Å². The maximum atomic E-state index is 13.3. The van der Waals surface area contributed by atoms with Gasteiger partial charge in [-0.15, -0.1) is 0 Å². The van der Waals surface area contributed by atoms with Crippen molar-refractivity contribution in [3.63, 3.8) is 0 Å². The first-order valence-corrected chi connectivity index (χ1v) is 15.5. The Kier molecular flexibility index (Phi) is 11.4. The molecule has 1 aliphatic carbocycles. The zero-order valence-electron chi connectivity index (χ0n) is 20.5. The molecule has 3 atom stereocenters. The van der Waals surface area contributed by atoms with Crippen molar-refractivity contribution < 1.29 is 18.8 Å². The molecule has 0 saturated heterocycles. The van der Waals surface area contributed by atoms with E-state index < -0.39 is 20.3 Å². The van der Waals surface area contributed by atoms with Gasteiger partial charge in [-0.25, -0.2) is 0 Å². The molecule has 1 aliphatic rings. The van der Waals surface area contributed by atoms with Crippen molar-refractivity contribution in [2.45, 2.75) is 117 Å². The maximum Gasteiger partial charge on any atom is 0.303 e. The van der Waals surface area contributed by atoms with Crippen molar-refractivity contribution in [2.24, 2.45) is 5.92 Å². The highest BCUT2D eigenvalue weighted by molar-refractivity contribution is 8.13. The van der Waals surface area contributed by atoms with E-state index in [1.165, 1.54) is 50.8 Å². The Morgan fingerprint density at radius 2 is 1.73 bits per heavy atom. The number of hydrogen-bond donors (Lipinski definition) is 0. The zero-order valence-corrected chi connectivity index (χ0v) is 22.3. The number of carbonyl (C=O) groups excluding carboxylic acids is 2. The van der Waals surface area contributed by atoms with E-state index in [9.17, 15) is 9.59 Å². The van der Waals surface area contributed by atoms with Crippen molar-refractivity contribution >= 4 is 31.2 Å². The number of rotatable bonds is 11. The molecule has 0 aliphatic heterocycles.